The van der Waals surface area contributed by atoms with Crippen LogP contribution < -0.4 is 5.32 Å². The van der Waals surface area contributed by atoms with Crippen LogP contribution in [0.3, 0.4) is 0 Å². The van der Waals surface area contributed by atoms with E-state index in [9.17, 15) is 4.79 Å². The molecule has 4 rings (SSSR count). The average Bonchev–Trinajstić information content (AvgIpc) is 3.43. The monoisotopic (exact) mass is 439 g/mol. The molecule has 0 aliphatic heterocycles. The molecule has 3 aromatic heterocycles. The normalized spacial score (nSPS) is 12.1. The third-order valence-corrected chi connectivity index (χ3v) is 5.79. The molecule has 0 radical (unpaired) electrons. The third kappa shape index (κ3) is 4.24. The zero-order valence-corrected chi connectivity index (χ0v) is 17.8. The molecule has 0 saturated carbocycles. The van der Waals surface area contributed by atoms with E-state index in [1.165, 1.54) is 11.3 Å². The second-order valence-electron chi connectivity index (χ2n) is 6.90. The SMILES string of the molecule is CC(C)C(NC(=O)c1cnc(-c2ccccc2Cl)s1)c1nc(-c2ccncc2)no1. The third-order valence-electron chi connectivity index (χ3n) is 4.43. The molecule has 0 saturated heterocycles. The lowest BCUT2D eigenvalue weighted by Gasteiger charge is -2.17. The van der Waals surface area contributed by atoms with Gasteiger partial charge in [-0.3, -0.25) is 9.78 Å². The van der Waals surface area contributed by atoms with Crippen molar-refractivity contribution in [2.75, 3.05) is 0 Å². The van der Waals surface area contributed by atoms with Gasteiger partial charge in [-0.2, -0.15) is 4.98 Å². The Balaban J connectivity index is 1.54. The first-order chi connectivity index (χ1) is 14.5. The standard InChI is InChI=1S/C21H18ClN5O2S/c1-12(2)17(20-26-18(27-29-20)13-7-9-23-10-8-13)25-19(28)16-11-24-21(30-16)14-5-3-4-6-15(14)22/h3-12,17H,1-2H3,(H,25,28). The fraction of sp³-hybridized carbons (Fsp3) is 0.190. The summed E-state index contributed by atoms with van der Waals surface area (Å²) in [7, 11) is 0. The van der Waals surface area contributed by atoms with Crippen LogP contribution in [0.1, 0.15) is 35.5 Å². The summed E-state index contributed by atoms with van der Waals surface area (Å²) in [6.45, 7) is 3.95. The molecular formula is C21H18ClN5O2S. The Morgan fingerprint density at radius 3 is 2.67 bits per heavy atom. The van der Waals surface area contributed by atoms with Gasteiger partial charge in [-0.1, -0.05) is 48.8 Å². The minimum atomic E-state index is -0.438. The zero-order valence-electron chi connectivity index (χ0n) is 16.2. The van der Waals surface area contributed by atoms with Crippen molar-refractivity contribution in [1.29, 1.82) is 0 Å². The summed E-state index contributed by atoms with van der Waals surface area (Å²) < 4.78 is 5.44. The first-order valence-corrected chi connectivity index (χ1v) is 10.5. The molecule has 4 aromatic rings. The van der Waals surface area contributed by atoms with E-state index in [0.29, 0.717) is 26.6 Å². The Labute approximate surface area is 182 Å². The molecule has 152 valence electrons. The molecular weight excluding hydrogens is 422 g/mol. The molecule has 0 aliphatic rings. The minimum absolute atomic E-state index is 0.0376. The van der Waals surface area contributed by atoms with Gasteiger partial charge in [0, 0.05) is 23.5 Å². The molecule has 9 heteroatoms. The van der Waals surface area contributed by atoms with Gasteiger partial charge in [0.25, 0.3) is 5.91 Å². The molecule has 1 N–H and O–H groups in total. The largest absolute Gasteiger partial charge is 0.339 e. The van der Waals surface area contributed by atoms with Crippen LogP contribution in [-0.4, -0.2) is 26.0 Å². The highest BCUT2D eigenvalue weighted by molar-refractivity contribution is 7.17. The number of halogens is 1. The molecule has 1 unspecified atom stereocenters. The number of nitrogens with zero attached hydrogens (tertiary/aromatic N) is 4. The van der Waals surface area contributed by atoms with Crippen molar-refractivity contribution in [2.24, 2.45) is 5.92 Å². The van der Waals surface area contributed by atoms with E-state index in [0.717, 1.165) is 11.1 Å². The topological polar surface area (TPSA) is 93.8 Å². The first-order valence-electron chi connectivity index (χ1n) is 9.28. The molecule has 1 atom stereocenters. The Morgan fingerprint density at radius 2 is 1.93 bits per heavy atom. The predicted octanol–water partition coefficient (Wildman–Crippen LogP) is 5.04. The molecule has 30 heavy (non-hydrogen) atoms. The number of hydrogen-bond acceptors (Lipinski definition) is 7. The van der Waals surface area contributed by atoms with Gasteiger partial charge in [0.15, 0.2) is 0 Å². The van der Waals surface area contributed by atoms with Gasteiger partial charge < -0.3 is 9.84 Å². The van der Waals surface area contributed by atoms with Gasteiger partial charge in [0.1, 0.15) is 15.9 Å². The fourth-order valence-corrected chi connectivity index (χ4v) is 3.98. The fourth-order valence-electron chi connectivity index (χ4n) is 2.84. The number of hydrogen-bond donors (Lipinski definition) is 1. The summed E-state index contributed by atoms with van der Waals surface area (Å²) in [5.41, 5.74) is 1.59. The lowest BCUT2D eigenvalue weighted by Crippen LogP contribution is -2.31. The van der Waals surface area contributed by atoms with Crippen LogP contribution in [0.4, 0.5) is 0 Å². The smallest absolute Gasteiger partial charge is 0.263 e. The van der Waals surface area contributed by atoms with Crippen LogP contribution in [0.25, 0.3) is 22.0 Å². The highest BCUT2D eigenvalue weighted by Gasteiger charge is 2.26. The maximum absolute atomic E-state index is 12.9. The Hall–Kier alpha value is -3.10. The van der Waals surface area contributed by atoms with Crippen molar-refractivity contribution in [3.8, 4) is 22.0 Å². The number of carbonyl (C=O) groups excluding carboxylic acids is 1. The number of carbonyl (C=O) groups is 1. The van der Waals surface area contributed by atoms with E-state index < -0.39 is 6.04 Å². The number of nitrogens with one attached hydrogen (secondary N) is 1. The van der Waals surface area contributed by atoms with Crippen LogP contribution in [0.5, 0.6) is 0 Å². The number of benzene rings is 1. The maximum Gasteiger partial charge on any atom is 0.263 e. The van der Waals surface area contributed by atoms with Gasteiger partial charge in [0.05, 0.1) is 11.2 Å². The van der Waals surface area contributed by atoms with Crippen LogP contribution in [-0.2, 0) is 0 Å². The summed E-state index contributed by atoms with van der Waals surface area (Å²) >= 11 is 7.52. The van der Waals surface area contributed by atoms with Gasteiger partial charge in [-0.15, -0.1) is 11.3 Å². The molecule has 1 aromatic carbocycles. The van der Waals surface area contributed by atoms with Crippen molar-refractivity contribution < 1.29 is 9.32 Å². The van der Waals surface area contributed by atoms with E-state index in [-0.39, 0.29) is 11.8 Å². The zero-order chi connectivity index (χ0) is 21.1. The summed E-state index contributed by atoms with van der Waals surface area (Å²) in [5.74, 6) is 0.580. The summed E-state index contributed by atoms with van der Waals surface area (Å²) in [5, 5.41) is 8.29. The lowest BCUT2D eigenvalue weighted by atomic mass is 10.0. The predicted molar refractivity (Wildman–Crippen MR) is 115 cm³/mol. The number of thiazole rings is 1. The highest BCUT2D eigenvalue weighted by atomic mass is 35.5. The Bertz CT molecular complexity index is 1160. The van der Waals surface area contributed by atoms with Gasteiger partial charge in [-0.05, 0) is 24.1 Å². The molecule has 0 bridgehead atoms. The van der Waals surface area contributed by atoms with Crippen molar-refractivity contribution in [1.82, 2.24) is 25.4 Å². The van der Waals surface area contributed by atoms with E-state index >= 15 is 0 Å². The molecule has 1 amide bonds. The van der Waals surface area contributed by atoms with E-state index in [1.807, 2.05) is 32.0 Å². The minimum Gasteiger partial charge on any atom is -0.339 e. The van der Waals surface area contributed by atoms with Crippen LogP contribution in [0.15, 0.2) is 59.5 Å². The van der Waals surface area contributed by atoms with Crippen molar-refractivity contribution in [3.63, 3.8) is 0 Å². The van der Waals surface area contributed by atoms with E-state index in [4.69, 9.17) is 16.1 Å². The van der Waals surface area contributed by atoms with Gasteiger partial charge in [0.2, 0.25) is 11.7 Å². The lowest BCUT2D eigenvalue weighted by molar-refractivity contribution is 0.0918. The van der Waals surface area contributed by atoms with Crippen molar-refractivity contribution in [2.45, 2.75) is 19.9 Å². The van der Waals surface area contributed by atoms with Crippen molar-refractivity contribution >= 4 is 28.8 Å². The molecule has 7 nitrogen and oxygen atoms in total. The first kappa shape index (κ1) is 20.2. The molecule has 3 heterocycles. The quantitative estimate of drug-likeness (QED) is 0.452. The maximum atomic E-state index is 12.9. The summed E-state index contributed by atoms with van der Waals surface area (Å²) in [4.78, 5) is 26.1. The average molecular weight is 440 g/mol. The second-order valence-corrected chi connectivity index (χ2v) is 8.33. The van der Waals surface area contributed by atoms with E-state index in [2.05, 4.69) is 25.4 Å². The molecule has 0 aliphatic carbocycles. The van der Waals surface area contributed by atoms with Crippen LogP contribution in [0, 0.1) is 5.92 Å². The second kappa shape index (κ2) is 8.73. The van der Waals surface area contributed by atoms with Gasteiger partial charge >= 0.3 is 0 Å². The molecule has 0 spiro atoms. The van der Waals surface area contributed by atoms with Crippen LogP contribution >= 0.6 is 22.9 Å². The number of aromatic nitrogens is 4. The summed E-state index contributed by atoms with van der Waals surface area (Å²) in [6.07, 6.45) is 4.87. The number of amides is 1. The Morgan fingerprint density at radius 1 is 1.17 bits per heavy atom. The molecule has 0 fully saturated rings. The van der Waals surface area contributed by atoms with Crippen molar-refractivity contribution in [3.05, 3.63) is 70.8 Å². The van der Waals surface area contributed by atoms with Crippen LogP contribution in [0.2, 0.25) is 5.02 Å². The summed E-state index contributed by atoms with van der Waals surface area (Å²) in [6, 6.07) is 10.6. The van der Waals surface area contributed by atoms with Gasteiger partial charge in [-0.25, -0.2) is 4.98 Å². The highest BCUT2D eigenvalue weighted by Crippen LogP contribution is 2.31. The Kier molecular flexibility index (Phi) is 5.87. The number of pyridine rings is 1. The number of rotatable bonds is 6. The van der Waals surface area contributed by atoms with E-state index in [1.54, 1.807) is 36.8 Å².